The molecule has 0 aliphatic heterocycles. The van der Waals surface area contributed by atoms with Gasteiger partial charge >= 0.3 is 0 Å². The fraction of sp³-hybridized carbons (Fsp3) is 0.286. The third-order valence-electron chi connectivity index (χ3n) is 2.80. The van der Waals surface area contributed by atoms with E-state index in [9.17, 15) is 4.79 Å². The van der Waals surface area contributed by atoms with E-state index in [0.717, 1.165) is 21.0 Å². The Kier molecular flexibility index (Phi) is 5.14. The van der Waals surface area contributed by atoms with Crippen LogP contribution in [-0.2, 0) is 11.3 Å². The highest BCUT2D eigenvalue weighted by Gasteiger charge is 2.13. The Balaban J connectivity index is 2.03. The van der Waals surface area contributed by atoms with Gasteiger partial charge in [0.2, 0.25) is 5.91 Å². The molecule has 1 heterocycles. The minimum absolute atomic E-state index is 0.0205. The van der Waals surface area contributed by atoms with E-state index in [-0.39, 0.29) is 5.91 Å². The molecule has 106 valence electrons. The van der Waals surface area contributed by atoms with Crippen molar-refractivity contribution >= 4 is 44.0 Å². The average molecular weight is 354 g/mol. The fourth-order valence-electron chi connectivity index (χ4n) is 1.78. The monoisotopic (exact) mass is 353 g/mol. The number of benzene rings is 1. The molecule has 6 heteroatoms. The average Bonchev–Trinajstić information content (AvgIpc) is 2.87. The van der Waals surface area contributed by atoms with E-state index in [1.54, 1.807) is 11.8 Å². The summed E-state index contributed by atoms with van der Waals surface area (Å²) in [5, 5.41) is 6.05. The quantitative estimate of drug-likeness (QED) is 0.886. The molecule has 2 rings (SSSR count). The summed E-state index contributed by atoms with van der Waals surface area (Å²) in [4.78, 5) is 17.6. The number of thiazole rings is 1. The number of aromatic nitrogens is 1. The first-order chi connectivity index (χ1) is 9.61. The predicted molar refractivity (Wildman–Crippen MR) is 87.3 cm³/mol. The van der Waals surface area contributed by atoms with E-state index in [1.807, 2.05) is 36.6 Å². The maximum Gasteiger partial charge on any atom is 0.225 e. The Hall–Kier alpha value is -1.40. The summed E-state index contributed by atoms with van der Waals surface area (Å²) in [6, 6.07) is 7.95. The Morgan fingerprint density at radius 1 is 1.45 bits per heavy atom. The van der Waals surface area contributed by atoms with Crippen molar-refractivity contribution in [1.29, 1.82) is 0 Å². The van der Waals surface area contributed by atoms with Crippen molar-refractivity contribution in [3.63, 3.8) is 0 Å². The molecule has 0 unspecified atom stereocenters. The van der Waals surface area contributed by atoms with Crippen LogP contribution in [0.15, 0.2) is 34.1 Å². The van der Waals surface area contributed by atoms with Crippen molar-refractivity contribution in [2.75, 3.05) is 16.8 Å². The van der Waals surface area contributed by atoms with Crippen molar-refractivity contribution in [2.45, 2.75) is 20.4 Å². The number of hydrogen-bond donors (Lipinski definition) is 1. The summed E-state index contributed by atoms with van der Waals surface area (Å²) in [5.41, 5.74) is 1.96. The van der Waals surface area contributed by atoms with Crippen LogP contribution in [0, 0.1) is 0 Å². The van der Waals surface area contributed by atoms with Gasteiger partial charge in [-0.15, -0.1) is 11.3 Å². The van der Waals surface area contributed by atoms with Gasteiger partial charge in [0.15, 0.2) is 5.13 Å². The van der Waals surface area contributed by atoms with Crippen LogP contribution in [-0.4, -0.2) is 17.4 Å². The van der Waals surface area contributed by atoms with Gasteiger partial charge < -0.3 is 5.32 Å². The summed E-state index contributed by atoms with van der Waals surface area (Å²) >= 11 is 4.99. The normalized spacial score (nSPS) is 10.3. The molecule has 0 aliphatic rings. The highest BCUT2D eigenvalue weighted by molar-refractivity contribution is 9.10. The molecule has 4 nitrogen and oxygen atoms in total. The topological polar surface area (TPSA) is 45.2 Å². The molecule has 0 spiro atoms. The smallest absolute Gasteiger partial charge is 0.225 e. The standard InChI is InChI=1S/C14H16BrN3OS/c1-3-18(10(2)19)14-17-11(9-20-14)8-16-13-7-5-4-6-12(13)15/h4-7,9,16H,3,8H2,1-2H3. The minimum atomic E-state index is 0.0205. The first kappa shape index (κ1) is 15.0. The summed E-state index contributed by atoms with van der Waals surface area (Å²) in [5.74, 6) is 0.0205. The van der Waals surface area contributed by atoms with Crippen LogP contribution in [0.25, 0.3) is 0 Å². The zero-order chi connectivity index (χ0) is 14.5. The summed E-state index contributed by atoms with van der Waals surface area (Å²) < 4.78 is 1.02. The van der Waals surface area contributed by atoms with Gasteiger partial charge in [0.05, 0.1) is 12.2 Å². The molecule has 0 bridgehead atoms. The zero-order valence-corrected chi connectivity index (χ0v) is 13.8. The molecule has 1 N–H and O–H groups in total. The molecule has 1 aromatic carbocycles. The minimum Gasteiger partial charge on any atom is -0.378 e. The van der Waals surface area contributed by atoms with E-state index in [1.165, 1.54) is 11.3 Å². The molecule has 0 saturated heterocycles. The number of halogens is 1. The molecular weight excluding hydrogens is 338 g/mol. The second kappa shape index (κ2) is 6.85. The van der Waals surface area contributed by atoms with Crippen LogP contribution in [0.3, 0.4) is 0 Å². The van der Waals surface area contributed by atoms with Crippen molar-refractivity contribution in [3.8, 4) is 0 Å². The Labute approximate surface area is 131 Å². The van der Waals surface area contributed by atoms with Crippen molar-refractivity contribution in [1.82, 2.24) is 4.98 Å². The van der Waals surface area contributed by atoms with Crippen molar-refractivity contribution in [3.05, 3.63) is 39.8 Å². The maximum atomic E-state index is 11.5. The van der Waals surface area contributed by atoms with E-state index < -0.39 is 0 Å². The number of nitrogens with one attached hydrogen (secondary N) is 1. The number of anilines is 2. The van der Waals surface area contributed by atoms with Crippen LogP contribution in [0.4, 0.5) is 10.8 Å². The largest absolute Gasteiger partial charge is 0.378 e. The predicted octanol–water partition coefficient (Wildman–Crippen LogP) is 3.89. The molecule has 20 heavy (non-hydrogen) atoms. The van der Waals surface area contributed by atoms with Gasteiger partial charge in [0.1, 0.15) is 0 Å². The second-order valence-corrected chi connectivity index (χ2v) is 5.91. The highest BCUT2D eigenvalue weighted by Crippen LogP contribution is 2.24. The van der Waals surface area contributed by atoms with Gasteiger partial charge in [-0.25, -0.2) is 4.98 Å². The number of rotatable bonds is 5. The molecular formula is C14H16BrN3OS. The van der Waals surface area contributed by atoms with E-state index >= 15 is 0 Å². The lowest BCUT2D eigenvalue weighted by Gasteiger charge is -2.14. The molecule has 0 saturated carbocycles. The zero-order valence-electron chi connectivity index (χ0n) is 11.4. The van der Waals surface area contributed by atoms with E-state index in [2.05, 4.69) is 26.2 Å². The third-order valence-corrected chi connectivity index (χ3v) is 4.40. The molecule has 0 radical (unpaired) electrons. The van der Waals surface area contributed by atoms with Gasteiger partial charge in [0.25, 0.3) is 0 Å². The Morgan fingerprint density at radius 2 is 2.20 bits per heavy atom. The molecule has 0 atom stereocenters. The third kappa shape index (κ3) is 3.58. The lowest BCUT2D eigenvalue weighted by atomic mass is 10.3. The summed E-state index contributed by atoms with van der Waals surface area (Å²) in [6.07, 6.45) is 0. The number of nitrogens with zero attached hydrogens (tertiary/aromatic N) is 2. The SMILES string of the molecule is CCN(C(C)=O)c1nc(CNc2ccccc2Br)cs1. The Morgan fingerprint density at radius 3 is 2.85 bits per heavy atom. The van der Waals surface area contributed by atoms with Crippen LogP contribution >= 0.6 is 27.3 Å². The van der Waals surface area contributed by atoms with E-state index in [4.69, 9.17) is 0 Å². The fourth-order valence-corrected chi connectivity index (χ4v) is 3.14. The first-order valence-corrected chi connectivity index (χ1v) is 8.00. The van der Waals surface area contributed by atoms with Gasteiger partial charge in [-0.2, -0.15) is 0 Å². The van der Waals surface area contributed by atoms with Gasteiger partial charge in [-0.3, -0.25) is 9.69 Å². The number of hydrogen-bond acceptors (Lipinski definition) is 4. The maximum absolute atomic E-state index is 11.5. The molecule has 0 fully saturated rings. The lowest BCUT2D eigenvalue weighted by Crippen LogP contribution is -2.27. The van der Waals surface area contributed by atoms with Crippen LogP contribution in [0.2, 0.25) is 0 Å². The molecule has 1 aromatic heterocycles. The molecule has 0 aliphatic carbocycles. The molecule has 2 aromatic rings. The summed E-state index contributed by atoms with van der Waals surface area (Å²) in [6.45, 7) is 4.78. The van der Waals surface area contributed by atoms with Crippen molar-refractivity contribution in [2.24, 2.45) is 0 Å². The van der Waals surface area contributed by atoms with Gasteiger partial charge in [-0.05, 0) is 35.0 Å². The second-order valence-electron chi connectivity index (χ2n) is 4.22. The number of amides is 1. The Bertz CT molecular complexity index is 600. The highest BCUT2D eigenvalue weighted by atomic mass is 79.9. The number of para-hydroxylation sites is 1. The number of carbonyl (C=O) groups excluding carboxylic acids is 1. The molecule has 1 amide bonds. The van der Waals surface area contributed by atoms with Crippen LogP contribution in [0.1, 0.15) is 19.5 Å². The first-order valence-electron chi connectivity index (χ1n) is 6.32. The van der Waals surface area contributed by atoms with Crippen molar-refractivity contribution < 1.29 is 4.79 Å². The van der Waals surface area contributed by atoms with Gasteiger partial charge in [-0.1, -0.05) is 12.1 Å². The lowest BCUT2D eigenvalue weighted by molar-refractivity contribution is -0.116. The summed E-state index contributed by atoms with van der Waals surface area (Å²) in [7, 11) is 0. The van der Waals surface area contributed by atoms with Gasteiger partial charge in [0, 0.05) is 29.0 Å². The van der Waals surface area contributed by atoms with Crippen LogP contribution < -0.4 is 10.2 Å². The van der Waals surface area contributed by atoms with E-state index in [0.29, 0.717) is 13.1 Å². The number of carbonyl (C=O) groups is 1. The van der Waals surface area contributed by atoms with Crippen LogP contribution in [0.5, 0.6) is 0 Å².